The summed E-state index contributed by atoms with van der Waals surface area (Å²) in [5.74, 6) is -2.32. The van der Waals surface area contributed by atoms with E-state index in [-0.39, 0.29) is 18.3 Å². The third-order valence-electron chi connectivity index (χ3n) is 2.70. The first-order valence-corrected chi connectivity index (χ1v) is 6.11. The number of hydrogen-bond donors (Lipinski definition) is 2. The molecule has 0 unspecified atom stereocenters. The summed E-state index contributed by atoms with van der Waals surface area (Å²) in [4.78, 5) is 7.13. The lowest BCUT2D eigenvalue weighted by Gasteiger charge is -2.11. The molecule has 9 heteroatoms. The number of alkyl halides is 3. The molecule has 0 bridgehead atoms. The maximum absolute atomic E-state index is 13.1. The molecule has 4 nitrogen and oxygen atoms in total. The van der Waals surface area contributed by atoms with Crippen LogP contribution in [0.4, 0.5) is 33.7 Å². The van der Waals surface area contributed by atoms with E-state index in [0.717, 1.165) is 18.2 Å². The first-order chi connectivity index (χ1) is 10.3. The minimum atomic E-state index is -4.62. The second-order valence-corrected chi connectivity index (χ2v) is 4.31. The molecule has 1 aromatic carbocycles. The van der Waals surface area contributed by atoms with Gasteiger partial charge in [0.2, 0.25) is 5.95 Å². The van der Waals surface area contributed by atoms with Gasteiger partial charge in [-0.2, -0.15) is 18.2 Å². The van der Waals surface area contributed by atoms with Crippen LogP contribution in [-0.2, 0) is 12.7 Å². The molecule has 1 heterocycles. The number of anilines is 2. The highest BCUT2D eigenvalue weighted by molar-refractivity contribution is 5.43. The molecule has 0 spiro atoms. The zero-order chi connectivity index (χ0) is 16.3. The van der Waals surface area contributed by atoms with Crippen LogP contribution in [-0.4, -0.2) is 17.0 Å². The number of benzene rings is 1. The zero-order valence-corrected chi connectivity index (χ0v) is 11.3. The fourth-order valence-corrected chi connectivity index (χ4v) is 1.64. The van der Waals surface area contributed by atoms with Crippen LogP contribution in [0.25, 0.3) is 0 Å². The summed E-state index contributed by atoms with van der Waals surface area (Å²) in [5, 5.41) is 5.04. The normalized spacial score (nSPS) is 11.4. The Hall–Kier alpha value is -2.45. The summed E-state index contributed by atoms with van der Waals surface area (Å²) in [5.41, 5.74) is -0.753. The highest BCUT2D eigenvalue weighted by Crippen LogP contribution is 2.29. The number of aromatic nitrogens is 2. The number of nitrogens with zero attached hydrogens (tertiary/aromatic N) is 2. The lowest BCUT2D eigenvalue weighted by atomic mass is 10.2. The molecule has 118 valence electrons. The van der Waals surface area contributed by atoms with Crippen molar-refractivity contribution in [1.82, 2.24) is 9.97 Å². The second kappa shape index (κ2) is 6.12. The Morgan fingerprint density at radius 1 is 1.05 bits per heavy atom. The number of halogens is 5. The van der Waals surface area contributed by atoms with Crippen molar-refractivity contribution in [1.29, 1.82) is 0 Å². The van der Waals surface area contributed by atoms with E-state index in [1.165, 1.54) is 13.1 Å². The molecule has 0 aliphatic carbocycles. The van der Waals surface area contributed by atoms with E-state index >= 15 is 0 Å². The van der Waals surface area contributed by atoms with Crippen molar-refractivity contribution in [3.63, 3.8) is 0 Å². The summed E-state index contributed by atoms with van der Waals surface area (Å²) < 4.78 is 64.0. The van der Waals surface area contributed by atoms with Crippen molar-refractivity contribution >= 4 is 11.8 Å². The van der Waals surface area contributed by atoms with Crippen LogP contribution in [0.2, 0.25) is 0 Å². The van der Waals surface area contributed by atoms with Crippen molar-refractivity contribution < 1.29 is 22.0 Å². The van der Waals surface area contributed by atoms with Gasteiger partial charge in [-0.3, -0.25) is 0 Å². The lowest BCUT2D eigenvalue weighted by Crippen LogP contribution is -2.13. The highest BCUT2D eigenvalue weighted by atomic mass is 19.4. The topological polar surface area (TPSA) is 49.8 Å². The number of nitrogens with one attached hydrogen (secondary N) is 2. The molecular formula is C13H11F5N4. The molecule has 22 heavy (non-hydrogen) atoms. The van der Waals surface area contributed by atoms with Gasteiger partial charge in [0.25, 0.3) is 0 Å². The molecule has 2 N–H and O–H groups in total. The molecule has 0 amide bonds. The van der Waals surface area contributed by atoms with Gasteiger partial charge in [-0.15, -0.1) is 0 Å². The summed E-state index contributed by atoms with van der Waals surface area (Å²) in [6, 6.07) is 3.94. The summed E-state index contributed by atoms with van der Waals surface area (Å²) >= 11 is 0. The minimum Gasteiger partial charge on any atom is -0.366 e. The molecule has 0 fully saturated rings. The maximum Gasteiger partial charge on any atom is 0.433 e. The molecule has 0 aliphatic heterocycles. The van der Waals surface area contributed by atoms with Crippen molar-refractivity contribution in [3.05, 3.63) is 47.2 Å². The Labute approximate surface area is 122 Å². The van der Waals surface area contributed by atoms with Crippen molar-refractivity contribution in [2.45, 2.75) is 12.7 Å². The lowest BCUT2D eigenvalue weighted by molar-refractivity contribution is -0.141. The maximum atomic E-state index is 13.1. The van der Waals surface area contributed by atoms with E-state index in [1.54, 1.807) is 0 Å². The van der Waals surface area contributed by atoms with Gasteiger partial charge in [-0.25, -0.2) is 13.8 Å². The SMILES string of the molecule is CNc1nc(NCc2ccc(F)c(F)c2)cc(C(F)(F)F)n1. The summed E-state index contributed by atoms with van der Waals surface area (Å²) in [6.45, 7) is -0.0192. The first kappa shape index (κ1) is 15.9. The van der Waals surface area contributed by atoms with Crippen molar-refractivity contribution in [2.24, 2.45) is 0 Å². The van der Waals surface area contributed by atoms with E-state index < -0.39 is 23.5 Å². The average Bonchev–Trinajstić information content (AvgIpc) is 2.47. The van der Waals surface area contributed by atoms with Crippen LogP contribution < -0.4 is 10.6 Å². The van der Waals surface area contributed by atoms with Crippen LogP contribution >= 0.6 is 0 Å². The van der Waals surface area contributed by atoms with Crippen molar-refractivity contribution in [2.75, 3.05) is 17.7 Å². The standard InChI is InChI=1S/C13H11F5N4/c1-19-12-21-10(13(16,17)18)5-11(22-12)20-6-7-2-3-8(14)9(15)4-7/h2-5H,6H2,1H3,(H2,19,20,21,22). The largest absolute Gasteiger partial charge is 0.433 e. The van der Waals surface area contributed by atoms with E-state index in [4.69, 9.17) is 0 Å². The van der Waals surface area contributed by atoms with E-state index in [2.05, 4.69) is 20.6 Å². The smallest absolute Gasteiger partial charge is 0.366 e. The minimum absolute atomic E-state index is 0.0192. The van der Waals surface area contributed by atoms with E-state index in [0.29, 0.717) is 5.56 Å². The predicted octanol–water partition coefficient (Wildman–Crippen LogP) is 3.43. The third kappa shape index (κ3) is 3.80. The Morgan fingerprint density at radius 3 is 2.36 bits per heavy atom. The van der Waals surface area contributed by atoms with Gasteiger partial charge in [-0.1, -0.05) is 6.07 Å². The summed E-state index contributed by atoms with van der Waals surface area (Å²) in [7, 11) is 1.38. The molecule has 0 saturated heterocycles. The van der Waals surface area contributed by atoms with Gasteiger partial charge >= 0.3 is 6.18 Å². The van der Waals surface area contributed by atoms with E-state index in [9.17, 15) is 22.0 Å². The second-order valence-electron chi connectivity index (χ2n) is 4.31. The number of rotatable bonds is 4. The molecule has 2 rings (SSSR count). The molecule has 0 radical (unpaired) electrons. The molecule has 0 saturated carbocycles. The zero-order valence-electron chi connectivity index (χ0n) is 11.3. The van der Waals surface area contributed by atoms with Gasteiger partial charge < -0.3 is 10.6 Å². The van der Waals surface area contributed by atoms with Crippen LogP contribution in [0.15, 0.2) is 24.3 Å². The molecule has 0 atom stereocenters. The highest BCUT2D eigenvalue weighted by Gasteiger charge is 2.33. The molecular weight excluding hydrogens is 307 g/mol. The number of hydrogen-bond acceptors (Lipinski definition) is 4. The van der Waals surface area contributed by atoms with Gasteiger partial charge in [0.1, 0.15) is 5.82 Å². The van der Waals surface area contributed by atoms with E-state index in [1.807, 2.05) is 0 Å². The van der Waals surface area contributed by atoms with Crippen molar-refractivity contribution in [3.8, 4) is 0 Å². The van der Waals surface area contributed by atoms with Crippen LogP contribution in [0.3, 0.4) is 0 Å². The predicted molar refractivity (Wildman–Crippen MR) is 70.3 cm³/mol. The van der Waals surface area contributed by atoms with Gasteiger partial charge in [0, 0.05) is 19.7 Å². The van der Waals surface area contributed by atoms with Gasteiger partial charge in [0.15, 0.2) is 17.3 Å². The Morgan fingerprint density at radius 2 is 1.77 bits per heavy atom. The van der Waals surface area contributed by atoms with Gasteiger partial charge in [-0.05, 0) is 17.7 Å². The van der Waals surface area contributed by atoms with Crippen LogP contribution in [0, 0.1) is 11.6 Å². The van der Waals surface area contributed by atoms with Crippen LogP contribution in [0.5, 0.6) is 0 Å². The molecule has 2 aromatic rings. The monoisotopic (exact) mass is 318 g/mol. The fraction of sp³-hybridized carbons (Fsp3) is 0.231. The fourth-order valence-electron chi connectivity index (χ4n) is 1.64. The Bertz CT molecular complexity index is 672. The molecule has 1 aromatic heterocycles. The first-order valence-electron chi connectivity index (χ1n) is 6.11. The Kier molecular flexibility index (Phi) is 4.43. The average molecular weight is 318 g/mol. The Balaban J connectivity index is 2.20. The summed E-state index contributed by atoms with van der Waals surface area (Å²) in [6.07, 6.45) is -4.62. The molecule has 0 aliphatic rings. The quantitative estimate of drug-likeness (QED) is 0.848. The van der Waals surface area contributed by atoms with Gasteiger partial charge in [0.05, 0.1) is 0 Å². The third-order valence-corrected chi connectivity index (χ3v) is 2.70. The van der Waals surface area contributed by atoms with Crippen LogP contribution in [0.1, 0.15) is 11.3 Å².